The summed E-state index contributed by atoms with van der Waals surface area (Å²) < 4.78 is 0. The molecule has 21 heavy (non-hydrogen) atoms. The molecule has 0 unspecified atom stereocenters. The third-order valence-corrected chi connectivity index (χ3v) is 3.35. The molecule has 106 valence electrons. The van der Waals surface area contributed by atoms with Gasteiger partial charge >= 0.3 is 5.97 Å². The van der Waals surface area contributed by atoms with Gasteiger partial charge in [-0.2, -0.15) is 5.26 Å². The van der Waals surface area contributed by atoms with E-state index in [4.69, 9.17) is 22.0 Å². The largest absolute Gasteiger partial charge is 0.481 e. The molecule has 0 atom stereocenters. The molecular formula is C16H13ClN2O2. The van der Waals surface area contributed by atoms with Gasteiger partial charge in [0.1, 0.15) is 6.07 Å². The smallest absolute Gasteiger partial charge is 0.307 e. The first kappa shape index (κ1) is 14.9. The molecule has 0 aliphatic carbocycles. The summed E-state index contributed by atoms with van der Waals surface area (Å²) in [4.78, 5) is 10.8. The van der Waals surface area contributed by atoms with Gasteiger partial charge in [-0.05, 0) is 29.3 Å². The van der Waals surface area contributed by atoms with Crippen LogP contribution < -0.4 is 5.32 Å². The van der Waals surface area contributed by atoms with E-state index in [0.717, 1.165) is 16.8 Å². The van der Waals surface area contributed by atoms with Crippen molar-refractivity contribution >= 4 is 23.3 Å². The summed E-state index contributed by atoms with van der Waals surface area (Å²) in [5, 5.41) is 21.3. The van der Waals surface area contributed by atoms with E-state index in [9.17, 15) is 4.79 Å². The summed E-state index contributed by atoms with van der Waals surface area (Å²) in [5.41, 5.74) is 2.90. The second kappa shape index (κ2) is 6.78. The van der Waals surface area contributed by atoms with Crippen molar-refractivity contribution in [3.63, 3.8) is 0 Å². The highest BCUT2D eigenvalue weighted by molar-refractivity contribution is 6.32. The maximum atomic E-state index is 10.8. The molecule has 0 aromatic heterocycles. The van der Waals surface area contributed by atoms with Crippen LogP contribution in [0.5, 0.6) is 0 Å². The van der Waals surface area contributed by atoms with Crippen LogP contribution in [0.1, 0.15) is 16.7 Å². The molecule has 2 aromatic carbocycles. The average Bonchev–Trinajstić information content (AvgIpc) is 2.46. The van der Waals surface area contributed by atoms with Gasteiger partial charge in [-0.3, -0.25) is 4.79 Å². The quantitative estimate of drug-likeness (QED) is 0.887. The van der Waals surface area contributed by atoms with Gasteiger partial charge in [-0.1, -0.05) is 35.9 Å². The second-order valence-corrected chi connectivity index (χ2v) is 4.91. The number of hydrogen-bond donors (Lipinski definition) is 2. The summed E-state index contributed by atoms with van der Waals surface area (Å²) in [7, 11) is 0. The Morgan fingerprint density at radius 3 is 2.57 bits per heavy atom. The van der Waals surface area contributed by atoms with Crippen molar-refractivity contribution < 1.29 is 9.90 Å². The molecule has 2 N–H and O–H groups in total. The van der Waals surface area contributed by atoms with Gasteiger partial charge < -0.3 is 10.4 Å². The number of carboxylic acid groups (broad SMARTS) is 1. The lowest BCUT2D eigenvalue weighted by Crippen LogP contribution is -2.07. The van der Waals surface area contributed by atoms with Crippen LogP contribution in [0.3, 0.4) is 0 Å². The molecule has 0 aliphatic heterocycles. The van der Waals surface area contributed by atoms with Crippen molar-refractivity contribution in [1.29, 1.82) is 5.26 Å². The molecule has 2 rings (SSSR count). The number of nitrogens with one attached hydrogen (secondary N) is 1. The third kappa shape index (κ3) is 3.98. The lowest BCUT2D eigenvalue weighted by molar-refractivity contribution is -0.136. The molecule has 0 amide bonds. The molecule has 0 spiro atoms. The summed E-state index contributed by atoms with van der Waals surface area (Å²) in [5.74, 6) is -0.858. The van der Waals surface area contributed by atoms with E-state index in [1.807, 2.05) is 24.3 Å². The zero-order chi connectivity index (χ0) is 15.2. The molecular weight excluding hydrogens is 288 g/mol. The number of benzene rings is 2. The Hall–Kier alpha value is -2.51. The highest BCUT2D eigenvalue weighted by Gasteiger charge is 2.06. The summed E-state index contributed by atoms with van der Waals surface area (Å²) in [6.07, 6.45) is -0.00796. The first-order valence-corrected chi connectivity index (χ1v) is 6.70. The van der Waals surface area contributed by atoms with Crippen molar-refractivity contribution in [2.24, 2.45) is 0 Å². The van der Waals surface area contributed by atoms with E-state index in [2.05, 4.69) is 5.32 Å². The number of carboxylic acids is 1. The number of hydrogen-bond acceptors (Lipinski definition) is 3. The summed E-state index contributed by atoms with van der Waals surface area (Å²) in [6, 6.07) is 14.5. The lowest BCUT2D eigenvalue weighted by atomic mass is 10.0. The first-order chi connectivity index (χ1) is 10.1. The average molecular weight is 301 g/mol. The van der Waals surface area contributed by atoms with Gasteiger partial charge in [0.05, 0.1) is 17.0 Å². The summed E-state index contributed by atoms with van der Waals surface area (Å²) in [6.45, 7) is 0.492. The zero-order valence-corrected chi connectivity index (χ0v) is 11.9. The molecule has 0 saturated heterocycles. The molecule has 5 heteroatoms. The molecule has 0 radical (unpaired) electrons. The molecule has 2 aromatic rings. The monoisotopic (exact) mass is 300 g/mol. The van der Waals surface area contributed by atoms with E-state index in [1.54, 1.807) is 24.3 Å². The Bertz CT molecular complexity index is 708. The highest BCUT2D eigenvalue weighted by Crippen LogP contribution is 2.21. The lowest BCUT2D eigenvalue weighted by Gasteiger charge is -2.11. The highest BCUT2D eigenvalue weighted by atomic mass is 35.5. The van der Waals surface area contributed by atoms with Crippen LogP contribution in [0.25, 0.3) is 0 Å². The van der Waals surface area contributed by atoms with Crippen LogP contribution >= 0.6 is 11.6 Å². The molecule has 0 aliphatic rings. The first-order valence-electron chi connectivity index (χ1n) is 6.32. The van der Waals surface area contributed by atoms with Crippen LogP contribution in [0.2, 0.25) is 5.02 Å². The maximum Gasteiger partial charge on any atom is 0.307 e. The minimum absolute atomic E-state index is 0.00796. The summed E-state index contributed by atoms with van der Waals surface area (Å²) >= 11 is 5.97. The van der Waals surface area contributed by atoms with Crippen LogP contribution in [0.15, 0.2) is 42.5 Å². The van der Waals surface area contributed by atoms with Crippen molar-refractivity contribution in [3.05, 3.63) is 64.2 Å². The predicted molar refractivity (Wildman–Crippen MR) is 81.3 cm³/mol. The van der Waals surface area contributed by atoms with E-state index in [0.29, 0.717) is 17.1 Å². The molecule has 0 fully saturated rings. The van der Waals surface area contributed by atoms with E-state index in [-0.39, 0.29) is 6.42 Å². The van der Waals surface area contributed by atoms with Crippen LogP contribution in [-0.2, 0) is 17.8 Å². The Labute approximate surface area is 127 Å². The SMILES string of the molecule is N#Cc1ccc(NCc2ccccc2CC(=O)O)cc1Cl. The predicted octanol–water partition coefficient (Wildman–Crippen LogP) is 3.45. The number of nitriles is 1. The third-order valence-electron chi connectivity index (χ3n) is 3.03. The van der Waals surface area contributed by atoms with E-state index < -0.39 is 5.97 Å². The Morgan fingerprint density at radius 2 is 1.95 bits per heavy atom. The molecule has 0 heterocycles. The van der Waals surface area contributed by atoms with Crippen molar-refractivity contribution in [2.75, 3.05) is 5.32 Å². The molecule has 0 bridgehead atoms. The topological polar surface area (TPSA) is 73.1 Å². The Kier molecular flexibility index (Phi) is 4.81. The fourth-order valence-electron chi connectivity index (χ4n) is 1.98. The van der Waals surface area contributed by atoms with Gasteiger partial charge in [0.15, 0.2) is 0 Å². The fourth-order valence-corrected chi connectivity index (χ4v) is 2.20. The van der Waals surface area contributed by atoms with Gasteiger partial charge in [0.2, 0.25) is 0 Å². The number of rotatable bonds is 5. The maximum absolute atomic E-state index is 10.8. The number of carbonyl (C=O) groups is 1. The molecule has 0 saturated carbocycles. The van der Waals surface area contributed by atoms with E-state index in [1.165, 1.54) is 0 Å². The van der Waals surface area contributed by atoms with Crippen molar-refractivity contribution in [3.8, 4) is 6.07 Å². The Morgan fingerprint density at radius 1 is 1.24 bits per heavy atom. The van der Waals surface area contributed by atoms with Gasteiger partial charge in [0.25, 0.3) is 0 Å². The molecule has 4 nitrogen and oxygen atoms in total. The van der Waals surface area contributed by atoms with Gasteiger partial charge in [0, 0.05) is 12.2 Å². The van der Waals surface area contributed by atoms with Gasteiger partial charge in [-0.25, -0.2) is 0 Å². The second-order valence-electron chi connectivity index (χ2n) is 4.50. The fraction of sp³-hybridized carbons (Fsp3) is 0.125. The van der Waals surface area contributed by atoms with E-state index >= 15 is 0 Å². The van der Waals surface area contributed by atoms with Crippen molar-refractivity contribution in [2.45, 2.75) is 13.0 Å². The minimum Gasteiger partial charge on any atom is -0.481 e. The van der Waals surface area contributed by atoms with Crippen LogP contribution in [0.4, 0.5) is 5.69 Å². The van der Waals surface area contributed by atoms with Crippen LogP contribution in [-0.4, -0.2) is 11.1 Å². The number of aliphatic carboxylic acids is 1. The van der Waals surface area contributed by atoms with Crippen molar-refractivity contribution in [1.82, 2.24) is 0 Å². The Balaban J connectivity index is 2.11. The standard InChI is InChI=1S/C16H13ClN2O2/c17-15-8-14(6-5-12(15)9-18)19-10-13-4-2-1-3-11(13)7-16(20)21/h1-6,8,19H,7,10H2,(H,20,21). The number of nitrogens with zero attached hydrogens (tertiary/aromatic N) is 1. The number of halogens is 1. The zero-order valence-electron chi connectivity index (χ0n) is 11.1. The number of anilines is 1. The van der Waals surface area contributed by atoms with Crippen LogP contribution in [0, 0.1) is 11.3 Å². The minimum atomic E-state index is -0.858. The van der Waals surface area contributed by atoms with Gasteiger partial charge in [-0.15, -0.1) is 0 Å². The normalized spacial score (nSPS) is 9.90.